The van der Waals surface area contributed by atoms with Crippen molar-refractivity contribution in [1.29, 1.82) is 0 Å². The fourth-order valence-corrected chi connectivity index (χ4v) is 4.64. The second kappa shape index (κ2) is 8.31. The lowest BCUT2D eigenvalue weighted by Crippen LogP contribution is -2.35. The fraction of sp³-hybridized carbons (Fsp3) is 0.429. The summed E-state index contributed by atoms with van der Waals surface area (Å²) in [4.78, 5) is 13.7. The molecular formula is C21H25FN4S. The first-order chi connectivity index (χ1) is 13.2. The molecule has 4 nitrogen and oxygen atoms in total. The zero-order valence-electron chi connectivity index (χ0n) is 15.6. The van der Waals surface area contributed by atoms with Crippen LogP contribution in [0.2, 0.25) is 0 Å². The quantitative estimate of drug-likeness (QED) is 0.668. The van der Waals surface area contributed by atoms with Crippen molar-refractivity contribution in [3.8, 4) is 0 Å². The zero-order valence-corrected chi connectivity index (χ0v) is 16.4. The van der Waals surface area contributed by atoms with Crippen molar-refractivity contribution >= 4 is 27.4 Å². The number of hydrogen-bond donors (Lipinski definition) is 1. The van der Waals surface area contributed by atoms with Crippen LogP contribution < -0.4 is 5.32 Å². The van der Waals surface area contributed by atoms with Crippen molar-refractivity contribution in [2.24, 2.45) is 5.92 Å². The summed E-state index contributed by atoms with van der Waals surface area (Å²) in [5.41, 5.74) is 1.05. The number of likely N-dealkylation sites (tertiary alicyclic amines) is 1. The normalized spacial score (nSPS) is 16.1. The van der Waals surface area contributed by atoms with Crippen LogP contribution in [0.5, 0.6) is 0 Å². The van der Waals surface area contributed by atoms with E-state index in [-0.39, 0.29) is 5.82 Å². The van der Waals surface area contributed by atoms with E-state index in [0.29, 0.717) is 5.92 Å². The first-order valence-electron chi connectivity index (χ1n) is 9.65. The Balaban J connectivity index is 1.30. The smallest absolute Gasteiger partial charge is 0.138 e. The molecule has 0 atom stereocenters. The average molecular weight is 385 g/mol. The molecule has 0 amide bonds. The van der Waals surface area contributed by atoms with Gasteiger partial charge in [-0.05, 0) is 62.0 Å². The number of aromatic nitrogens is 2. The Morgan fingerprint density at radius 2 is 2.07 bits per heavy atom. The minimum absolute atomic E-state index is 0.151. The van der Waals surface area contributed by atoms with Crippen molar-refractivity contribution in [1.82, 2.24) is 14.9 Å². The highest BCUT2D eigenvalue weighted by atomic mass is 32.1. The van der Waals surface area contributed by atoms with E-state index >= 15 is 0 Å². The fourth-order valence-electron chi connectivity index (χ4n) is 3.70. The molecule has 1 aromatic carbocycles. The van der Waals surface area contributed by atoms with E-state index in [2.05, 4.69) is 33.2 Å². The Hall–Kier alpha value is -2.05. The third-order valence-corrected chi connectivity index (χ3v) is 6.48. The minimum atomic E-state index is -0.151. The van der Waals surface area contributed by atoms with Gasteiger partial charge in [0.2, 0.25) is 0 Å². The van der Waals surface area contributed by atoms with Crippen LogP contribution in [-0.2, 0) is 13.0 Å². The molecule has 3 aromatic rings. The maximum atomic E-state index is 13.3. The van der Waals surface area contributed by atoms with E-state index < -0.39 is 0 Å². The van der Waals surface area contributed by atoms with Crippen LogP contribution in [0.4, 0.5) is 10.2 Å². The second-order valence-electron chi connectivity index (χ2n) is 7.24. The van der Waals surface area contributed by atoms with Gasteiger partial charge >= 0.3 is 0 Å². The number of rotatable bonds is 6. The summed E-state index contributed by atoms with van der Waals surface area (Å²) in [6, 6.07) is 9.15. The number of fused-ring (bicyclic) bond motifs is 1. The third kappa shape index (κ3) is 4.45. The highest BCUT2D eigenvalue weighted by Gasteiger charge is 2.20. The largest absolute Gasteiger partial charge is 0.369 e. The van der Waals surface area contributed by atoms with Crippen LogP contribution in [0.15, 0.2) is 36.7 Å². The lowest BCUT2D eigenvalue weighted by molar-refractivity contribution is 0.182. The number of nitrogens with one attached hydrogen (secondary N) is 1. The van der Waals surface area contributed by atoms with Crippen LogP contribution in [0.3, 0.4) is 0 Å². The number of halogens is 1. The van der Waals surface area contributed by atoms with Gasteiger partial charge in [-0.3, -0.25) is 4.90 Å². The Bertz CT molecular complexity index is 902. The summed E-state index contributed by atoms with van der Waals surface area (Å²) in [6.45, 7) is 6.06. The maximum absolute atomic E-state index is 13.3. The minimum Gasteiger partial charge on any atom is -0.369 e. The summed E-state index contributed by atoms with van der Waals surface area (Å²) in [6.07, 6.45) is 4.99. The molecule has 1 fully saturated rings. The number of benzene rings is 1. The molecule has 6 heteroatoms. The van der Waals surface area contributed by atoms with Gasteiger partial charge in [0.15, 0.2) is 0 Å². The van der Waals surface area contributed by atoms with Crippen molar-refractivity contribution in [2.75, 3.05) is 25.0 Å². The van der Waals surface area contributed by atoms with Gasteiger partial charge in [-0.2, -0.15) is 0 Å². The first kappa shape index (κ1) is 18.3. The standard InChI is InChI=1S/C21H25FN4S/c1-2-18-11-19-20(24-14-25-21(19)27-18)23-12-15-6-8-26(9-7-15)13-16-4-3-5-17(22)10-16/h3-5,10-11,14-15H,2,6-9,12-13H2,1H3,(H,23,24,25). The van der Waals surface area contributed by atoms with E-state index in [1.165, 1.54) is 10.9 Å². The van der Waals surface area contributed by atoms with E-state index in [0.717, 1.165) is 67.0 Å². The summed E-state index contributed by atoms with van der Waals surface area (Å²) >= 11 is 1.75. The molecule has 27 heavy (non-hydrogen) atoms. The summed E-state index contributed by atoms with van der Waals surface area (Å²) in [7, 11) is 0. The van der Waals surface area contributed by atoms with Crippen LogP contribution in [0.1, 0.15) is 30.2 Å². The number of hydrogen-bond acceptors (Lipinski definition) is 5. The second-order valence-corrected chi connectivity index (χ2v) is 8.35. The van der Waals surface area contributed by atoms with Crippen molar-refractivity contribution in [3.05, 3.63) is 52.9 Å². The summed E-state index contributed by atoms with van der Waals surface area (Å²) < 4.78 is 13.3. The van der Waals surface area contributed by atoms with Gasteiger partial charge in [0.1, 0.15) is 22.8 Å². The molecule has 142 valence electrons. The molecule has 3 heterocycles. The van der Waals surface area contributed by atoms with Gasteiger partial charge in [0.05, 0.1) is 5.39 Å². The lowest BCUT2D eigenvalue weighted by Gasteiger charge is -2.32. The van der Waals surface area contributed by atoms with Gasteiger partial charge in [-0.25, -0.2) is 14.4 Å². The predicted octanol–water partition coefficient (Wildman–Crippen LogP) is 4.72. The molecule has 4 rings (SSSR count). The summed E-state index contributed by atoms with van der Waals surface area (Å²) in [5.74, 6) is 1.45. The topological polar surface area (TPSA) is 41.0 Å². The van der Waals surface area contributed by atoms with Crippen LogP contribution in [-0.4, -0.2) is 34.5 Å². The average Bonchev–Trinajstić information content (AvgIpc) is 3.11. The molecular weight excluding hydrogens is 359 g/mol. The lowest BCUT2D eigenvalue weighted by atomic mass is 9.96. The summed E-state index contributed by atoms with van der Waals surface area (Å²) in [5, 5.41) is 4.70. The van der Waals surface area contributed by atoms with Crippen LogP contribution >= 0.6 is 11.3 Å². The van der Waals surface area contributed by atoms with Gasteiger partial charge in [0, 0.05) is 18.0 Å². The first-order valence-corrected chi connectivity index (χ1v) is 10.5. The molecule has 0 unspecified atom stereocenters. The van der Waals surface area contributed by atoms with Crippen LogP contribution in [0, 0.1) is 11.7 Å². The van der Waals surface area contributed by atoms with Crippen molar-refractivity contribution in [2.45, 2.75) is 32.7 Å². The number of piperidine rings is 1. The van der Waals surface area contributed by atoms with Gasteiger partial charge in [-0.1, -0.05) is 19.1 Å². The predicted molar refractivity (Wildman–Crippen MR) is 110 cm³/mol. The molecule has 1 aliphatic rings. The van der Waals surface area contributed by atoms with Gasteiger partial charge in [0.25, 0.3) is 0 Å². The highest BCUT2D eigenvalue weighted by molar-refractivity contribution is 7.18. The van der Waals surface area contributed by atoms with E-state index in [1.807, 2.05) is 6.07 Å². The molecule has 0 aliphatic carbocycles. The van der Waals surface area contributed by atoms with Crippen LogP contribution in [0.25, 0.3) is 10.2 Å². The van der Waals surface area contributed by atoms with E-state index in [9.17, 15) is 4.39 Å². The van der Waals surface area contributed by atoms with Crippen molar-refractivity contribution in [3.63, 3.8) is 0 Å². The third-order valence-electron chi connectivity index (χ3n) is 5.29. The Kier molecular flexibility index (Phi) is 5.64. The maximum Gasteiger partial charge on any atom is 0.138 e. The number of aryl methyl sites for hydroxylation is 1. The molecule has 2 aromatic heterocycles. The zero-order chi connectivity index (χ0) is 18.6. The molecule has 0 radical (unpaired) electrons. The van der Waals surface area contributed by atoms with E-state index in [4.69, 9.17) is 0 Å². The van der Waals surface area contributed by atoms with Gasteiger partial charge < -0.3 is 5.32 Å². The van der Waals surface area contributed by atoms with Crippen molar-refractivity contribution < 1.29 is 4.39 Å². The molecule has 0 spiro atoms. The monoisotopic (exact) mass is 384 g/mol. The van der Waals surface area contributed by atoms with E-state index in [1.54, 1.807) is 29.8 Å². The number of anilines is 1. The Labute approximate surface area is 163 Å². The number of thiophene rings is 1. The molecule has 1 aliphatic heterocycles. The molecule has 1 saturated heterocycles. The number of nitrogens with zero attached hydrogens (tertiary/aromatic N) is 3. The molecule has 0 bridgehead atoms. The Morgan fingerprint density at radius 3 is 2.85 bits per heavy atom. The van der Waals surface area contributed by atoms with Gasteiger partial charge in [-0.15, -0.1) is 11.3 Å². The highest BCUT2D eigenvalue weighted by Crippen LogP contribution is 2.29. The molecule has 0 saturated carbocycles. The molecule has 1 N–H and O–H groups in total. The Morgan fingerprint density at radius 1 is 1.22 bits per heavy atom. The SMILES string of the molecule is CCc1cc2c(NCC3CCN(Cc4cccc(F)c4)CC3)ncnc2s1.